The second kappa shape index (κ2) is 6.51. The molecule has 1 aliphatic rings. The number of hydrogen-bond donors (Lipinski definition) is 3. The third-order valence-corrected chi connectivity index (χ3v) is 3.64. The predicted octanol–water partition coefficient (Wildman–Crippen LogP) is 0.874. The van der Waals surface area contributed by atoms with Crippen LogP contribution in [0.2, 0.25) is 0 Å². The molecule has 1 aromatic rings. The van der Waals surface area contributed by atoms with Crippen molar-refractivity contribution < 1.29 is 23.9 Å². The molecular weight excluding hydrogens is 300 g/mol. The van der Waals surface area contributed by atoms with Gasteiger partial charge in [-0.3, -0.25) is 15.0 Å². The van der Waals surface area contributed by atoms with Crippen molar-refractivity contribution in [1.29, 1.82) is 0 Å². The lowest BCUT2D eigenvalue weighted by molar-refractivity contribution is -0.385. The fourth-order valence-corrected chi connectivity index (χ4v) is 2.59. The van der Waals surface area contributed by atoms with Crippen molar-refractivity contribution in [3.8, 4) is 5.75 Å². The number of aromatic hydroxyl groups is 1. The minimum atomic E-state index is -3.54. The maximum Gasteiger partial charge on any atom is 0.290 e. The number of alkyl halides is 2. The van der Waals surface area contributed by atoms with E-state index in [-0.39, 0.29) is 24.3 Å². The second-order valence-electron chi connectivity index (χ2n) is 5.11. The molecule has 0 aliphatic carbocycles. The molecule has 0 unspecified atom stereocenters. The highest BCUT2D eigenvalue weighted by Crippen LogP contribution is 2.41. The van der Waals surface area contributed by atoms with E-state index in [4.69, 9.17) is 5.11 Å². The molecule has 1 saturated heterocycles. The van der Waals surface area contributed by atoms with Crippen LogP contribution in [0.3, 0.4) is 0 Å². The summed E-state index contributed by atoms with van der Waals surface area (Å²) in [6.45, 7) is 0.107. The number of nitrogens with one attached hydrogen (secondary N) is 1. The Balaban J connectivity index is 2.48. The van der Waals surface area contributed by atoms with Crippen molar-refractivity contribution in [3.05, 3.63) is 33.9 Å². The topological polar surface area (TPSA) is 98.9 Å². The Morgan fingerprint density at radius 1 is 1.41 bits per heavy atom. The highest BCUT2D eigenvalue weighted by molar-refractivity contribution is 5.45. The van der Waals surface area contributed by atoms with Gasteiger partial charge in [0, 0.05) is 43.9 Å². The van der Waals surface area contributed by atoms with Crippen molar-refractivity contribution in [2.75, 3.05) is 32.8 Å². The van der Waals surface area contributed by atoms with E-state index in [1.807, 2.05) is 0 Å². The fraction of sp³-hybridized carbons (Fsp3) is 0.538. The van der Waals surface area contributed by atoms with Gasteiger partial charge in [0.1, 0.15) is 18.4 Å². The molecule has 0 saturated carbocycles. The number of rotatable bonds is 5. The van der Waals surface area contributed by atoms with Gasteiger partial charge < -0.3 is 15.5 Å². The highest BCUT2D eigenvalue weighted by atomic mass is 19.3. The Morgan fingerprint density at radius 3 is 2.59 bits per heavy atom. The first kappa shape index (κ1) is 16.5. The SMILES string of the molecule is O=[N+]([O-])c1ccc(O)c([C@@H](N2CCNCC2)C(F)(F)CO)c1. The Morgan fingerprint density at radius 2 is 2.05 bits per heavy atom. The minimum absolute atomic E-state index is 0.254. The van der Waals surface area contributed by atoms with Gasteiger partial charge in [0.15, 0.2) is 0 Å². The normalized spacial score (nSPS) is 18.1. The first-order valence-electron chi connectivity index (χ1n) is 6.77. The number of halogens is 2. The van der Waals surface area contributed by atoms with Crippen LogP contribution in [-0.4, -0.2) is 58.7 Å². The molecular formula is C13H17F2N3O4. The Hall–Kier alpha value is -1.84. The molecule has 0 radical (unpaired) electrons. The number of aliphatic hydroxyl groups is 1. The summed E-state index contributed by atoms with van der Waals surface area (Å²) < 4.78 is 28.4. The van der Waals surface area contributed by atoms with Crippen LogP contribution in [0.1, 0.15) is 11.6 Å². The molecule has 1 fully saturated rings. The first-order chi connectivity index (χ1) is 10.4. The van der Waals surface area contributed by atoms with E-state index in [1.165, 1.54) is 4.90 Å². The van der Waals surface area contributed by atoms with Gasteiger partial charge in [0.2, 0.25) is 0 Å². The van der Waals surface area contributed by atoms with Gasteiger partial charge in [-0.1, -0.05) is 0 Å². The van der Waals surface area contributed by atoms with Crippen LogP contribution in [-0.2, 0) is 0 Å². The van der Waals surface area contributed by atoms with Crippen molar-refractivity contribution in [1.82, 2.24) is 10.2 Å². The van der Waals surface area contributed by atoms with Crippen molar-refractivity contribution in [3.63, 3.8) is 0 Å². The second-order valence-corrected chi connectivity index (χ2v) is 5.11. The van der Waals surface area contributed by atoms with Crippen LogP contribution in [0.5, 0.6) is 5.75 Å². The smallest absolute Gasteiger partial charge is 0.290 e. The van der Waals surface area contributed by atoms with Gasteiger partial charge in [-0.15, -0.1) is 0 Å². The van der Waals surface area contributed by atoms with Gasteiger partial charge >= 0.3 is 0 Å². The highest BCUT2D eigenvalue weighted by Gasteiger charge is 2.45. The number of benzene rings is 1. The number of phenolic OH excluding ortho intramolecular Hbond substituents is 1. The van der Waals surface area contributed by atoms with Crippen LogP contribution in [0.4, 0.5) is 14.5 Å². The van der Waals surface area contributed by atoms with Crippen molar-refractivity contribution in [2.45, 2.75) is 12.0 Å². The van der Waals surface area contributed by atoms with Crippen LogP contribution in [0.25, 0.3) is 0 Å². The molecule has 7 nitrogen and oxygen atoms in total. The summed E-state index contributed by atoms with van der Waals surface area (Å²) in [4.78, 5) is 11.5. The number of nitro groups is 1. The van der Waals surface area contributed by atoms with E-state index in [0.29, 0.717) is 13.1 Å². The molecule has 1 heterocycles. The number of piperazine rings is 1. The molecule has 1 aromatic carbocycles. The summed E-state index contributed by atoms with van der Waals surface area (Å²) in [6, 6.07) is 1.38. The number of phenols is 1. The number of aliphatic hydroxyl groups excluding tert-OH is 1. The third-order valence-electron chi connectivity index (χ3n) is 3.64. The van der Waals surface area contributed by atoms with E-state index in [2.05, 4.69) is 5.32 Å². The van der Waals surface area contributed by atoms with E-state index in [0.717, 1.165) is 18.2 Å². The molecule has 0 aromatic heterocycles. The summed E-state index contributed by atoms with van der Waals surface area (Å²) in [5.74, 6) is -3.99. The number of non-ortho nitro benzene ring substituents is 1. The fourth-order valence-electron chi connectivity index (χ4n) is 2.59. The number of hydrogen-bond acceptors (Lipinski definition) is 6. The van der Waals surface area contributed by atoms with E-state index >= 15 is 0 Å². The van der Waals surface area contributed by atoms with Gasteiger partial charge in [0.25, 0.3) is 11.6 Å². The summed E-state index contributed by atoms with van der Waals surface area (Å²) in [5, 5.41) is 32.8. The molecule has 1 aliphatic heterocycles. The zero-order chi connectivity index (χ0) is 16.3. The van der Waals surface area contributed by atoms with E-state index in [9.17, 15) is 24.0 Å². The van der Waals surface area contributed by atoms with Crippen LogP contribution < -0.4 is 5.32 Å². The van der Waals surface area contributed by atoms with Gasteiger partial charge in [-0.25, -0.2) is 8.78 Å². The van der Waals surface area contributed by atoms with Gasteiger partial charge in [0.05, 0.1) is 4.92 Å². The van der Waals surface area contributed by atoms with E-state index < -0.39 is 29.2 Å². The zero-order valence-corrected chi connectivity index (χ0v) is 11.7. The molecule has 22 heavy (non-hydrogen) atoms. The summed E-state index contributed by atoms with van der Waals surface area (Å²) >= 11 is 0. The Labute approximate surface area is 125 Å². The predicted molar refractivity (Wildman–Crippen MR) is 74.0 cm³/mol. The van der Waals surface area contributed by atoms with E-state index in [1.54, 1.807) is 0 Å². The average molecular weight is 317 g/mol. The maximum absolute atomic E-state index is 14.2. The van der Waals surface area contributed by atoms with Crippen molar-refractivity contribution >= 4 is 5.69 Å². The molecule has 0 bridgehead atoms. The quantitative estimate of drug-likeness (QED) is 0.551. The van der Waals surface area contributed by atoms with Gasteiger partial charge in [-0.05, 0) is 6.07 Å². The lowest BCUT2D eigenvalue weighted by Crippen LogP contribution is -2.51. The van der Waals surface area contributed by atoms with Crippen LogP contribution >= 0.6 is 0 Å². The largest absolute Gasteiger partial charge is 0.508 e. The Bertz CT molecular complexity index is 550. The summed E-state index contributed by atoms with van der Waals surface area (Å²) in [7, 11) is 0. The zero-order valence-electron chi connectivity index (χ0n) is 11.7. The summed E-state index contributed by atoms with van der Waals surface area (Å²) in [5.41, 5.74) is -0.642. The molecule has 3 N–H and O–H groups in total. The van der Waals surface area contributed by atoms with Gasteiger partial charge in [-0.2, -0.15) is 0 Å². The lowest BCUT2D eigenvalue weighted by Gasteiger charge is -2.38. The first-order valence-corrected chi connectivity index (χ1v) is 6.77. The minimum Gasteiger partial charge on any atom is -0.508 e. The lowest BCUT2D eigenvalue weighted by atomic mass is 9.96. The Kier molecular flexibility index (Phi) is 4.89. The monoisotopic (exact) mass is 317 g/mol. The van der Waals surface area contributed by atoms with Crippen LogP contribution in [0.15, 0.2) is 18.2 Å². The number of nitro benzene ring substituents is 1. The molecule has 122 valence electrons. The molecule has 0 spiro atoms. The molecule has 1 atom stereocenters. The van der Waals surface area contributed by atoms with Crippen molar-refractivity contribution in [2.24, 2.45) is 0 Å². The third kappa shape index (κ3) is 3.32. The molecule has 2 rings (SSSR count). The number of nitrogens with zero attached hydrogens (tertiary/aromatic N) is 2. The average Bonchev–Trinajstić information content (AvgIpc) is 2.50. The molecule has 0 amide bonds. The standard InChI is InChI=1S/C13H17F2N3O4/c14-13(15,8-19)12(17-5-3-16-4-6-17)10-7-9(18(21)22)1-2-11(10)20/h1-2,7,12,16,19-20H,3-6,8H2/t12-/m1/s1. The van der Waals surface area contributed by atoms with Crippen LogP contribution in [0, 0.1) is 10.1 Å². The summed E-state index contributed by atoms with van der Waals surface area (Å²) in [6.07, 6.45) is 0. The molecule has 9 heteroatoms. The maximum atomic E-state index is 14.2.